The summed E-state index contributed by atoms with van der Waals surface area (Å²) in [7, 11) is 0. The van der Waals surface area contributed by atoms with Gasteiger partial charge in [-0.15, -0.1) is 0 Å². The minimum atomic E-state index is -0.600. The Morgan fingerprint density at radius 3 is 2.40 bits per heavy atom. The number of phenols is 1. The highest BCUT2D eigenvalue weighted by atomic mass is 35.5. The van der Waals surface area contributed by atoms with E-state index in [-0.39, 0.29) is 11.7 Å². The molecule has 0 saturated carbocycles. The second-order valence-corrected chi connectivity index (χ2v) is 6.40. The maximum atomic E-state index is 12.6. The number of rotatable bonds is 4. The predicted molar refractivity (Wildman–Crippen MR) is 98.4 cm³/mol. The Labute approximate surface area is 152 Å². The monoisotopic (exact) mass is 360 g/mol. The first kappa shape index (κ1) is 17.4. The number of aromatic hydroxyl groups is 1. The average molecular weight is 361 g/mol. The van der Waals surface area contributed by atoms with Gasteiger partial charge < -0.3 is 19.6 Å². The van der Waals surface area contributed by atoms with Gasteiger partial charge in [0, 0.05) is 26.2 Å². The molecule has 0 aliphatic carbocycles. The van der Waals surface area contributed by atoms with E-state index in [1.807, 2.05) is 24.3 Å². The van der Waals surface area contributed by atoms with E-state index in [1.165, 1.54) is 0 Å². The summed E-state index contributed by atoms with van der Waals surface area (Å²) in [6, 6.07) is 14.4. The summed E-state index contributed by atoms with van der Waals surface area (Å²) < 4.78 is 5.71. The van der Waals surface area contributed by atoms with Crippen molar-refractivity contribution in [3.8, 4) is 11.5 Å². The molecule has 0 bridgehead atoms. The van der Waals surface area contributed by atoms with Gasteiger partial charge in [-0.25, -0.2) is 0 Å². The molecule has 2 aromatic rings. The van der Waals surface area contributed by atoms with Crippen LogP contribution >= 0.6 is 11.6 Å². The van der Waals surface area contributed by atoms with E-state index in [0.29, 0.717) is 37.0 Å². The van der Waals surface area contributed by atoms with Gasteiger partial charge in [-0.2, -0.15) is 0 Å². The fraction of sp³-hybridized carbons (Fsp3) is 0.316. The fourth-order valence-electron chi connectivity index (χ4n) is 2.94. The van der Waals surface area contributed by atoms with Crippen LogP contribution < -0.4 is 9.64 Å². The van der Waals surface area contributed by atoms with Gasteiger partial charge in [0.25, 0.3) is 5.91 Å². The number of nitrogens with zero attached hydrogens (tertiary/aromatic N) is 2. The third-order valence-electron chi connectivity index (χ3n) is 4.30. The molecule has 1 heterocycles. The van der Waals surface area contributed by atoms with E-state index < -0.39 is 6.10 Å². The molecule has 0 spiro atoms. The van der Waals surface area contributed by atoms with Gasteiger partial charge in [-0.1, -0.05) is 35.9 Å². The normalized spacial score (nSPS) is 15.8. The van der Waals surface area contributed by atoms with Crippen molar-refractivity contribution < 1.29 is 14.6 Å². The highest BCUT2D eigenvalue weighted by Gasteiger charge is 2.27. The van der Waals surface area contributed by atoms with E-state index in [1.54, 1.807) is 36.1 Å². The summed E-state index contributed by atoms with van der Waals surface area (Å²) in [5.41, 5.74) is 0.801. The molecule has 1 atom stereocenters. The first-order valence-electron chi connectivity index (χ1n) is 8.29. The number of piperazine rings is 1. The van der Waals surface area contributed by atoms with Crippen molar-refractivity contribution >= 4 is 23.2 Å². The molecule has 1 unspecified atom stereocenters. The first-order chi connectivity index (χ1) is 12.1. The maximum absolute atomic E-state index is 12.6. The number of carbonyl (C=O) groups excluding carboxylic acids is 1. The van der Waals surface area contributed by atoms with E-state index >= 15 is 0 Å². The van der Waals surface area contributed by atoms with Crippen molar-refractivity contribution in [1.82, 2.24) is 4.90 Å². The third-order valence-corrected chi connectivity index (χ3v) is 4.61. The molecule has 1 amide bonds. The molecule has 1 aliphatic heterocycles. The van der Waals surface area contributed by atoms with Crippen molar-refractivity contribution in [2.24, 2.45) is 0 Å². The van der Waals surface area contributed by atoms with Crippen LogP contribution in [-0.2, 0) is 4.79 Å². The predicted octanol–water partition coefficient (Wildman–Crippen LogP) is 3.16. The Bertz CT molecular complexity index is 745. The largest absolute Gasteiger partial charge is 0.506 e. The van der Waals surface area contributed by atoms with Gasteiger partial charge in [0.15, 0.2) is 6.10 Å². The smallest absolute Gasteiger partial charge is 0.263 e. The molecule has 2 aromatic carbocycles. The lowest BCUT2D eigenvalue weighted by Crippen LogP contribution is -2.52. The summed E-state index contributed by atoms with van der Waals surface area (Å²) in [5.74, 6) is 0.715. The Kier molecular flexibility index (Phi) is 5.34. The first-order valence-corrected chi connectivity index (χ1v) is 8.67. The van der Waals surface area contributed by atoms with Crippen LogP contribution in [0.5, 0.6) is 11.5 Å². The van der Waals surface area contributed by atoms with Gasteiger partial charge in [-0.05, 0) is 31.2 Å². The van der Waals surface area contributed by atoms with E-state index in [4.69, 9.17) is 16.3 Å². The molecule has 1 saturated heterocycles. The van der Waals surface area contributed by atoms with E-state index in [0.717, 1.165) is 5.69 Å². The topological polar surface area (TPSA) is 53.0 Å². The maximum Gasteiger partial charge on any atom is 0.263 e. The number of benzene rings is 2. The summed E-state index contributed by atoms with van der Waals surface area (Å²) in [6.07, 6.45) is -0.600. The van der Waals surface area contributed by atoms with Crippen LogP contribution in [0.15, 0.2) is 48.5 Å². The number of anilines is 1. The lowest BCUT2D eigenvalue weighted by Gasteiger charge is -2.37. The van der Waals surface area contributed by atoms with Crippen LogP contribution in [0.25, 0.3) is 0 Å². The number of carbonyl (C=O) groups is 1. The number of phenolic OH excluding ortho intramolecular Hbond substituents is 1. The quantitative estimate of drug-likeness (QED) is 0.910. The summed E-state index contributed by atoms with van der Waals surface area (Å²) in [4.78, 5) is 16.5. The lowest BCUT2D eigenvalue weighted by molar-refractivity contribution is -0.138. The molecule has 132 valence electrons. The molecule has 1 fully saturated rings. The Hall–Kier alpha value is -2.40. The minimum Gasteiger partial charge on any atom is -0.506 e. The lowest BCUT2D eigenvalue weighted by atomic mass is 10.2. The molecular formula is C19H21ClN2O3. The van der Waals surface area contributed by atoms with Crippen molar-refractivity contribution in [1.29, 1.82) is 0 Å². The van der Waals surface area contributed by atoms with Crippen molar-refractivity contribution in [3.05, 3.63) is 53.6 Å². The van der Waals surface area contributed by atoms with Gasteiger partial charge in [0.1, 0.15) is 11.5 Å². The van der Waals surface area contributed by atoms with Gasteiger partial charge in [0.05, 0.1) is 10.7 Å². The zero-order valence-corrected chi connectivity index (χ0v) is 14.8. The SMILES string of the molecule is CC(Oc1ccccc1Cl)C(=O)N1CCN(c2ccccc2O)CC1. The Balaban J connectivity index is 1.58. The number of amides is 1. The second kappa shape index (κ2) is 7.66. The molecule has 0 aromatic heterocycles. The summed E-state index contributed by atoms with van der Waals surface area (Å²) >= 11 is 6.08. The Morgan fingerprint density at radius 1 is 1.08 bits per heavy atom. The molecule has 1 N–H and O–H groups in total. The zero-order valence-electron chi connectivity index (χ0n) is 14.1. The number of hydrogen-bond acceptors (Lipinski definition) is 4. The van der Waals surface area contributed by atoms with Crippen LogP contribution in [0.4, 0.5) is 5.69 Å². The van der Waals surface area contributed by atoms with Gasteiger partial charge in [-0.3, -0.25) is 4.79 Å². The molecule has 25 heavy (non-hydrogen) atoms. The van der Waals surface area contributed by atoms with Gasteiger partial charge >= 0.3 is 0 Å². The van der Waals surface area contributed by atoms with Crippen LogP contribution in [-0.4, -0.2) is 48.2 Å². The third kappa shape index (κ3) is 3.99. The van der Waals surface area contributed by atoms with Crippen LogP contribution in [0.3, 0.4) is 0 Å². The average Bonchev–Trinajstić information content (AvgIpc) is 2.63. The van der Waals surface area contributed by atoms with E-state index in [9.17, 15) is 9.90 Å². The molecule has 5 nitrogen and oxygen atoms in total. The number of para-hydroxylation sites is 3. The highest BCUT2D eigenvalue weighted by Crippen LogP contribution is 2.28. The van der Waals surface area contributed by atoms with Crippen molar-refractivity contribution in [2.75, 3.05) is 31.1 Å². The summed E-state index contributed by atoms with van der Waals surface area (Å²) in [6.45, 7) is 4.25. The highest BCUT2D eigenvalue weighted by molar-refractivity contribution is 6.32. The minimum absolute atomic E-state index is 0.0585. The van der Waals surface area contributed by atoms with Crippen molar-refractivity contribution in [3.63, 3.8) is 0 Å². The molecular weight excluding hydrogens is 340 g/mol. The van der Waals surface area contributed by atoms with Gasteiger partial charge in [0.2, 0.25) is 0 Å². The molecule has 6 heteroatoms. The molecule has 3 rings (SSSR count). The Morgan fingerprint density at radius 2 is 1.72 bits per heavy atom. The van der Waals surface area contributed by atoms with Crippen LogP contribution in [0.2, 0.25) is 5.02 Å². The fourth-order valence-corrected chi connectivity index (χ4v) is 3.12. The summed E-state index contributed by atoms with van der Waals surface area (Å²) in [5, 5.41) is 10.5. The number of hydrogen-bond donors (Lipinski definition) is 1. The van der Waals surface area contributed by atoms with Crippen LogP contribution in [0.1, 0.15) is 6.92 Å². The number of ether oxygens (including phenoxy) is 1. The zero-order chi connectivity index (χ0) is 17.8. The number of halogens is 1. The van der Waals surface area contributed by atoms with E-state index in [2.05, 4.69) is 4.90 Å². The van der Waals surface area contributed by atoms with Crippen LogP contribution in [0, 0.1) is 0 Å². The standard InChI is InChI=1S/C19H21ClN2O3/c1-14(25-18-9-5-2-6-15(18)20)19(24)22-12-10-21(11-13-22)16-7-3-4-8-17(16)23/h2-9,14,23H,10-13H2,1H3. The van der Waals surface area contributed by atoms with Crippen molar-refractivity contribution in [2.45, 2.75) is 13.0 Å². The molecule has 1 aliphatic rings. The second-order valence-electron chi connectivity index (χ2n) is 5.99. The molecule has 0 radical (unpaired) electrons.